The van der Waals surface area contributed by atoms with Gasteiger partial charge in [0, 0.05) is 11.3 Å². The summed E-state index contributed by atoms with van der Waals surface area (Å²) in [6.45, 7) is 2.13. The molecule has 0 bridgehead atoms. The Bertz CT molecular complexity index is 526. The van der Waals surface area contributed by atoms with E-state index in [1.807, 2.05) is 11.4 Å². The second-order valence-electron chi connectivity index (χ2n) is 6.14. The van der Waals surface area contributed by atoms with Gasteiger partial charge >= 0.3 is 5.97 Å². The molecule has 0 aliphatic heterocycles. The second kappa shape index (κ2) is 12.2. The quantitative estimate of drug-likeness (QED) is 0.387. The lowest BCUT2D eigenvalue weighted by Gasteiger charge is -2.14. The zero-order valence-electron chi connectivity index (χ0n) is 15.1. The van der Waals surface area contributed by atoms with Crippen LogP contribution in [0.5, 0.6) is 0 Å². The van der Waals surface area contributed by atoms with Crippen LogP contribution in [0.3, 0.4) is 0 Å². The van der Waals surface area contributed by atoms with Crippen LogP contribution in [0.4, 0.5) is 0 Å². The lowest BCUT2D eigenvalue weighted by atomic mass is 10.0. The maximum atomic E-state index is 11.0. The molecule has 6 heteroatoms. The number of thiophene rings is 1. The van der Waals surface area contributed by atoms with Crippen LogP contribution in [0.15, 0.2) is 17.5 Å². The molecule has 1 aromatic rings. The van der Waals surface area contributed by atoms with Crippen molar-refractivity contribution in [3.8, 4) is 0 Å². The third-order valence-corrected chi connectivity index (χ3v) is 5.12. The van der Waals surface area contributed by atoms with Gasteiger partial charge in [0.05, 0.1) is 25.4 Å². The smallest absolute Gasteiger partial charge is 0.305 e. The topological polar surface area (TPSA) is 87.0 Å². The molecule has 0 aliphatic carbocycles. The summed E-state index contributed by atoms with van der Waals surface area (Å²) in [4.78, 5) is 11.9. The first kappa shape index (κ1) is 21.8. The first-order valence-corrected chi connectivity index (χ1v) is 9.74. The molecule has 0 radical (unpaired) electrons. The molecule has 142 valence electrons. The highest BCUT2D eigenvalue weighted by Gasteiger charge is 2.16. The van der Waals surface area contributed by atoms with E-state index in [-0.39, 0.29) is 12.4 Å². The van der Waals surface area contributed by atoms with Crippen LogP contribution < -0.4 is 0 Å². The minimum Gasteiger partial charge on any atom is -0.469 e. The van der Waals surface area contributed by atoms with Crippen molar-refractivity contribution in [3.05, 3.63) is 28.0 Å². The Balaban J connectivity index is 2.51. The molecule has 0 amide bonds. The molecule has 0 fully saturated rings. The zero-order chi connectivity index (χ0) is 18.7. The molecule has 5 nitrogen and oxygen atoms in total. The first-order valence-electron chi connectivity index (χ1n) is 8.86. The fraction of sp³-hybridized carbons (Fsp3) is 0.632. The number of ether oxygens (including phenoxy) is 1. The SMILES string of the molecule is CCCCC[C@H](O)c1sccc1/C=C/[C@@H](O)[C@@H](O)CCCC(=O)OC. The Hall–Kier alpha value is -1.21. The summed E-state index contributed by atoms with van der Waals surface area (Å²) in [5, 5.41) is 32.2. The average Bonchev–Trinajstić information content (AvgIpc) is 3.08. The summed E-state index contributed by atoms with van der Waals surface area (Å²) in [5.41, 5.74) is 0.870. The van der Waals surface area contributed by atoms with Crippen LogP contribution in [0.2, 0.25) is 0 Å². The summed E-state index contributed by atoms with van der Waals surface area (Å²) in [7, 11) is 1.32. The third-order valence-electron chi connectivity index (χ3n) is 4.09. The molecule has 1 aromatic heterocycles. The highest BCUT2D eigenvalue weighted by atomic mass is 32.1. The van der Waals surface area contributed by atoms with E-state index >= 15 is 0 Å². The molecule has 3 atom stereocenters. The molecule has 0 unspecified atom stereocenters. The van der Waals surface area contributed by atoms with E-state index in [4.69, 9.17) is 0 Å². The number of hydrogen-bond acceptors (Lipinski definition) is 6. The molecule has 1 rings (SSSR count). The second-order valence-corrected chi connectivity index (χ2v) is 7.08. The minimum absolute atomic E-state index is 0.225. The Kier molecular flexibility index (Phi) is 10.6. The van der Waals surface area contributed by atoms with Gasteiger partial charge in [0.15, 0.2) is 0 Å². The molecule has 0 saturated heterocycles. The summed E-state index contributed by atoms with van der Waals surface area (Å²) in [6.07, 6.45) is 5.77. The summed E-state index contributed by atoms with van der Waals surface area (Å²) < 4.78 is 4.54. The number of esters is 1. The first-order chi connectivity index (χ1) is 12.0. The van der Waals surface area contributed by atoms with E-state index in [9.17, 15) is 20.1 Å². The molecule has 25 heavy (non-hydrogen) atoms. The fourth-order valence-corrected chi connectivity index (χ4v) is 3.43. The molecule has 0 spiro atoms. The predicted molar refractivity (Wildman–Crippen MR) is 100 cm³/mol. The van der Waals surface area contributed by atoms with Crippen LogP contribution in [0.25, 0.3) is 6.08 Å². The monoisotopic (exact) mass is 370 g/mol. The predicted octanol–water partition coefficient (Wildman–Crippen LogP) is 3.44. The average molecular weight is 371 g/mol. The van der Waals surface area contributed by atoms with Crippen molar-refractivity contribution < 1.29 is 24.9 Å². The highest BCUT2D eigenvalue weighted by Crippen LogP contribution is 2.29. The van der Waals surface area contributed by atoms with Gasteiger partial charge in [-0.15, -0.1) is 11.3 Å². The van der Waals surface area contributed by atoms with Crippen LogP contribution in [0.1, 0.15) is 68.4 Å². The standard InChI is InChI=1S/C19H30O5S/c1-3-4-5-7-17(22)19-14(12-13-25-19)10-11-16(21)15(20)8-6-9-18(23)24-2/h10-13,15-17,20-22H,3-9H2,1-2H3/b11-10+/t15-,16+,17-/m0/s1. The van der Waals surface area contributed by atoms with E-state index in [0.29, 0.717) is 12.8 Å². The van der Waals surface area contributed by atoms with Crippen molar-refractivity contribution in [1.82, 2.24) is 0 Å². The van der Waals surface area contributed by atoms with Gasteiger partial charge in [0.1, 0.15) is 0 Å². The Morgan fingerprint density at radius 1 is 1.24 bits per heavy atom. The number of unbranched alkanes of at least 4 members (excludes halogenated alkanes) is 2. The zero-order valence-corrected chi connectivity index (χ0v) is 15.9. The highest BCUT2D eigenvalue weighted by molar-refractivity contribution is 7.10. The minimum atomic E-state index is -1.01. The van der Waals surface area contributed by atoms with E-state index in [2.05, 4.69) is 11.7 Å². The lowest BCUT2D eigenvalue weighted by Crippen LogP contribution is -2.23. The van der Waals surface area contributed by atoms with E-state index < -0.39 is 18.3 Å². The third kappa shape index (κ3) is 8.14. The van der Waals surface area contributed by atoms with E-state index in [1.54, 1.807) is 6.08 Å². The molecule has 1 heterocycles. The van der Waals surface area contributed by atoms with Crippen LogP contribution >= 0.6 is 11.3 Å². The van der Waals surface area contributed by atoms with Crippen LogP contribution in [-0.4, -0.2) is 40.6 Å². The number of carbonyl (C=O) groups is 1. The molecular formula is C19H30O5S. The number of methoxy groups -OCH3 is 1. The van der Waals surface area contributed by atoms with Crippen molar-refractivity contribution in [2.45, 2.75) is 70.2 Å². The Morgan fingerprint density at radius 3 is 2.68 bits per heavy atom. The maximum absolute atomic E-state index is 11.0. The molecule has 0 saturated carbocycles. The normalized spacial score (nSPS) is 15.2. The van der Waals surface area contributed by atoms with Gasteiger partial charge in [-0.3, -0.25) is 4.79 Å². The summed E-state index contributed by atoms with van der Waals surface area (Å²) in [6, 6.07) is 1.90. The molecular weight excluding hydrogens is 340 g/mol. The van der Waals surface area contributed by atoms with Crippen molar-refractivity contribution in [2.75, 3.05) is 7.11 Å². The fourth-order valence-electron chi connectivity index (χ4n) is 2.52. The number of aliphatic hydroxyl groups is 3. The van der Waals surface area contributed by atoms with Gasteiger partial charge in [0.25, 0.3) is 0 Å². The molecule has 0 aromatic carbocycles. The van der Waals surface area contributed by atoms with Gasteiger partial charge in [-0.1, -0.05) is 38.3 Å². The Labute approximate surface area is 154 Å². The van der Waals surface area contributed by atoms with E-state index in [0.717, 1.165) is 36.1 Å². The number of aliphatic hydroxyl groups excluding tert-OH is 3. The molecule has 3 N–H and O–H groups in total. The van der Waals surface area contributed by atoms with Crippen molar-refractivity contribution >= 4 is 23.4 Å². The van der Waals surface area contributed by atoms with Crippen LogP contribution in [0, 0.1) is 0 Å². The largest absolute Gasteiger partial charge is 0.469 e. The number of hydrogen-bond donors (Lipinski definition) is 3. The maximum Gasteiger partial charge on any atom is 0.305 e. The summed E-state index contributed by atoms with van der Waals surface area (Å²) >= 11 is 1.50. The van der Waals surface area contributed by atoms with Gasteiger partial charge in [-0.05, 0) is 36.3 Å². The van der Waals surface area contributed by atoms with Crippen molar-refractivity contribution in [1.29, 1.82) is 0 Å². The lowest BCUT2D eigenvalue weighted by molar-refractivity contribution is -0.140. The van der Waals surface area contributed by atoms with Gasteiger partial charge in [-0.2, -0.15) is 0 Å². The van der Waals surface area contributed by atoms with Gasteiger partial charge in [-0.25, -0.2) is 0 Å². The van der Waals surface area contributed by atoms with Gasteiger partial charge < -0.3 is 20.1 Å². The number of rotatable bonds is 12. The van der Waals surface area contributed by atoms with E-state index in [1.165, 1.54) is 24.5 Å². The van der Waals surface area contributed by atoms with Crippen molar-refractivity contribution in [3.63, 3.8) is 0 Å². The molecule has 0 aliphatic rings. The number of carbonyl (C=O) groups excluding carboxylic acids is 1. The summed E-state index contributed by atoms with van der Waals surface area (Å²) in [5.74, 6) is -0.322. The van der Waals surface area contributed by atoms with Crippen molar-refractivity contribution in [2.24, 2.45) is 0 Å². The van der Waals surface area contributed by atoms with Crippen LogP contribution in [-0.2, 0) is 9.53 Å². The Morgan fingerprint density at radius 2 is 2.00 bits per heavy atom. The van der Waals surface area contributed by atoms with Gasteiger partial charge in [0.2, 0.25) is 0 Å².